The fourth-order valence-corrected chi connectivity index (χ4v) is 1.77. The van der Waals surface area contributed by atoms with Gasteiger partial charge in [-0.25, -0.2) is 0 Å². The summed E-state index contributed by atoms with van der Waals surface area (Å²) in [6, 6.07) is 0. The number of hydrogen-bond donors (Lipinski definition) is 3. The van der Waals surface area contributed by atoms with Crippen LogP contribution < -0.4 is 11.1 Å². The summed E-state index contributed by atoms with van der Waals surface area (Å²) in [6.07, 6.45) is 1.10. The maximum Gasteiger partial charge on any atom is 0.234 e. The molecule has 0 aromatic rings. The van der Waals surface area contributed by atoms with Crippen LogP contribution in [0.4, 0.5) is 0 Å². The molecule has 6 heteroatoms. The number of nitrogens with two attached hydrogens (primary N) is 1. The van der Waals surface area contributed by atoms with Crippen LogP contribution in [0.2, 0.25) is 0 Å². The van der Waals surface area contributed by atoms with E-state index in [4.69, 9.17) is 15.7 Å². The first kappa shape index (κ1) is 16.7. The molecule has 0 aromatic heterocycles. The molecule has 0 aliphatic carbocycles. The lowest BCUT2D eigenvalue weighted by molar-refractivity contribution is -0.128. The zero-order chi connectivity index (χ0) is 14.2. The minimum Gasteiger partial charge on any atom is -0.409 e. The topological polar surface area (TPSA) is 96.9 Å². The molecule has 0 bridgehead atoms. The Morgan fingerprint density at radius 2 is 2.00 bits per heavy atom. The molecular formula is C12H25N3O3. The molecule has 106 valence electrons. The Kier molecular flexibility index (Phi) is 7.35. The van der Waals surface area contributed by atoms with Crippen LogP contribution in [0.15, 0.2) is 5.16 Å². The summed E-state index contributed by atoms with van der Waals surface area (Å²) >= 11 is 0. The van der Waals surface area contributed by atoms with Crippen molar-refractivity contribution in [3.63, 3.8) is 0 Å². The van der Waals surface area contributed by atoms with E-state index in [1.807, 2.05) is 27.7 Å². The fraction of sp³-hybridized carbons (Fsp3) is 0.833. The second-order valence-electron chi connectivity index (χ2n) is 4.45. The standard InChI is InChI=1S/C12H25N3O3/c1-5-12(6-2,10(13)15-17)11(16)14-7-8-18-9(3)4/h9,17H,5-8H2,1-4H3,(H2,13,15)(H,14,16). The Hall–Kier alpha value is -1.30. The largest absolute Gasteiger partial charge is 0.409 e. The average molecular weight is 259 g/mol. The van der Waals surface area contributed by atoms with E-state index in [-0.39, 0.29) is 17.8 Å². The van der Waals surface area contributed by atoms with Crippen LogP contribution in [0.5, 0.6) is 0 Å². The van der Waals surface area contributed by atoms with E-state index in [0.29, 0.717) is 26.0 Å². The third-order valence-corrected chi connectivity index (χ3v) is 3.08. The molecule has 0 heterocycles. The number of ether oxygens (including phenoxy) is 1. The smallest absolute Gasteiger partial charge is 0.234 e. The summed E-state index contributed by atoms with van der Waals surface area (Å²) in [7, 11) is 0. The Bertz CT molecular complexity index is 286. The van der Waals surface area contributed by atoms with Crippen molar-refractivity contribution in [3.8, 4) is 0 Å². The van der Waals surface area contributed by atoms with Gasteiger partial charge in [-0.2, -0.15) is 0 Å². The highest BCUT2D eigenvalue weighted by Gasteiger charge is 2.39. The lowest BCUT2D eigenvalue weighted by atomic mass is 9.80. The quantitative estimate of drug-likeness (QED) is 0.200. The van der Waals surface area contributed by atoms with E-state index in [1.165, 1.54) is 0 Å². The van der Waals surface area contributed by atoms with E-state index in [1.54, 1.807) is 0 Å². The molecule has 0 aliphatic heterocycles. The number of hydrogen-bond acceptors (Lipinski definition) is 4. The predicted molar refractivity (Wildman–Crippen MR) is 70.5 cm³/mol. The van der Waals surface area contributed by atoms with Crippen molar-refractivity contribution in [1.29, 1.82) is 0 Å². The van der Waals surface area contributed by atoms with Crippen LogP contribution in [0, 0.1) is 5.41 Å². The molecule has 1 amide bonds. The van der Waals surface area contributed by atoms with Gasteiger partial charge in [0.1, 0.15) is 5.41 Å². The molecule has 0 radical (unpaired) electrons. The van der Waals surface area contributed by atoms with Gasteiger partial charge in [0.2, 0.25) is 5.91 Å². The second-order valence-corrected chi connectivity index (χ2v) is 4.45. The van der Waals surface area contributed by atoms with Crippen molar-refractivity contribution in [2.75, 3.05) is 13.2 Å². The number of amides is 1. The summed E-state index contributed by atoms with van der Waals surface area (Å²) in [5, 5.41) is 14.5. The van der Waals surface area contributed by atoms with Crippen LogP contribution >= 0.6 is 0 Å². The molecule has 0 spiro atoms. The Morgan fingerprint density at radius 3 is 2.39 bits per heavy atom. The van der Waals surface area contributed by atoms with Gasteiger partial charge in [-0.1, -0.05) is 19.0 Å². The van der Waals surface area contributed by atoms with Gasteiger partial charge in [-0.3, -0.25) is 4.79 Å². The average Bonchev–Trinajstić information content (AvgIpc) is 2.36. The van der Waals surface area contributed by atoms with Crippen LogP contribution in [0.25, 0.3) is 0 Å². The number of amidine groups is 1. The molecule has 0 rings (SSSR count). The molecule has 0 aliphatic rings. The van der Waals surface area contributed by atoms with Gasteiger partial charge in [0.05, 0.1) is 12.7 Å². The van der Waals surface area contributed by atoms with Crippen LogP contribution in [-0.2, 0) is 9.53 Å². The van der Waals surface area contributed by atoms with E-state index < -0.39 is 5.41 Å². The van der Waals surface area contributed by atoms with E-state index in [9.17, 15) is 4.79 Å². The third kappa shape index (κ3) is 4.18. The van der Waals surface area contributed by atoms with Crippen LogP contribution in [0.3, 0.4) is 0 Å². The summed E-state index contributed by atoms with van der Waals surface area (Å²) in [5.74, 6) is -0.273. The summed E-state index contributed by atoms with van der Waals surface area (Å²) in [6.45, 7) is 8.40. The lowest BCUT2D eigenvalue weighted by Gasteiger charge is -2.28. The molecule has 0 atom stereocenters. The fourth-order valence-electron chi connectivity index (χ4n) is 1.77. The lowest BCUT2D eigenvalue weighted by Crippen LogP contribution is -2.49. The maximum atomic E-state index is 12.1. The predicted octanol–water partition coefficient (Wildman–Crippen LogP) is 1.08. The molecular weight excluding hydrogens is 234 g/mol. The maximum absolute atomic E-state index is 12.1. The molecule has 0 fully saturated rings. The SMILES string of the molecule is CCC(CC)(C(=O)NCCOC(C)C)C(N)=NO. The molecule has 0 aromatic carbocycles. The van der Waals surface area contributed by atoms with Crippen molar-refractivity contribution < 1.29 is 14.7 Å². The highest BCUT2D eigenvalue weighted by molar-refractivity contribution is 6.06. The van der Waals surface area contributed by atoms with Gasteiger partial charge >= 0.3 is 0 Å². The van der Waals surface area contributed by atoms with Gasteiger partial charge in [0.25, 0.3) is 0 Å². The number of oxime groups is 1. The third-order valence-electron chi connectivity index (χ3n) is 3.08. The highest BCUT2D eigenvalue weighted by atomic mass is 16.5. The van der Waals surface area contributed by atoms with Crippen molar-refractivity contribution in [3.05, 3.63) is 0 Å². The van der Waals surface area contributed by atoms with Crippen molar-refractivity contribution in [2.24, 2.45) is 16.3 Å². The molecule has 0 unspecified atom stereocenters. The van der Waals surface area contributed by atoms with Crippen LogP contribution in [0.1, 0.15) is 40.5 Å². The summed E-state index contributed by atoms with van der Waals surface area (Å²) < 4.78 is 5.33. The number of rotatable bonds is 8. The Morgan fingerprint density at radius 1 is 1.44 bits per heavy atom. The molecule has 4 N–H and O–H groups in total. The molecule has 6 nitrogen and oxygen atoms in total. The van der Waals surface area contributed by atoms with Gasteiger partial charge in [0.15, 0.2) is 5.84 Å². The zero-order valence-electron chi connectivity index (χ0n) is 11.7. The Balaban J connectivity index is 4.50. The van der Waals surface area contributed by atoms with Crippen molar-refractivity contribution in [2.45, 2.75) is 46.6 Å². The monoisotopic (exact) mass is 259 g/mol. The van der Waals surface area contributed by atoms with Crippen molar-refractivity contribution in [1.82, 2.24) is 5.32 Å². The zero-order valence-corrected chi connectivity index (χ0v) is 11.7. The number of nitrogens with one attached hydrogen (secondary N) is 1. The first-order valence-electron chi connectivity index (χ1n) is 6.32. The first-order valence-corrected chi connectivity index (χ1v) is 6.32. The van der Waals surface area contributed by atoms with Gasteiger partial charge in [-0.05, 0) is 26.7 Å². The minimum absolute atomic E-state index is 0.0465. The van der Waals surface area contributed by atoms with Gasteiger partial charge < -0.3 is 21.0 Å². The molecule has 0 saturated heterocycles. The number of nitrogens with zero attached hydrogens (tertiary/aromatic N) is 1. The Labute approximate surface area is 109 Å². The van der Waals surface area contributed by atoms with Gasteiger partial charge in [-0.15, -0.1) is 0 Å². The first-order chi connectivity index (χ1) is 8.44. The molecule has 0 saturated carbocycles. The highest BCUT2D eigenvalue weighted by Crippen LogP contribution is 2.26. The van der Waals surface area contributed by atoms with E-state index in [2.05, 4.69) is 10.5 Å². The minimum atomic E-state index is -0.938. The van der Waals surface area contributed by atoms with Gasteiger partial charge in [0, 0.05) is 6.54 Å². The normalized spacial score (nSPS) is 12.8. The summed E-state index contributed by atoms with van der Waals surface area (Å²) in [5.41, 5.74) is 4.70. The number of carbonyl (C=O) groups is 1. The van der Waals surface area contributed by atoms with E-state index >= 15 is 0 Å². The van der Waals surface area contributed by atoms with Crippen molar-refractivity contribution >= 4 is 11.7 Å². The summed E-state index contributed by atoms with van der Waals surface area (Å²) in [4.78, 5) is 12.1. The number of carbonyl (C=O) groups excluding carboxylic acids is 1. The second kappa shape index (κ2) is 7.92. The van der Waals surface area contributed by atoms with Crippen LogP contribution in [-0.4, -0.2) is 36.2 Å². The van der Waals surface area contributed by atoms with E-state index in [0.717, 1.165) is 0 Å². The molecule has 18 heavy (non-hydrogen) atoms.